The number of carbonyl (C=O) groups excluding carboxylic acids is 1. The van der Waals surface area contributed by atoms with Crippen molar-refractivity contribution < 1.29 is 17.6 Å². The fourth-order valence-electron chi connectivity index (χ4n) is 1.64. The minimum atomic E-state index is -4.08. The maximum absolute atomic E-state index is 13.5. The number of benzene rings is 1. The SMILES string of the molecule is Cc1c(C(=O)NC(C)C(C)C)cc(F)cc1S(N)(=O)=O. The van der Waals surface area contributed by atoms with Gasteiger partial charge in [-0.3, -0.25) is 4.79 Å². The van der Waals surface area contributed by atoms with Crippen LogP contribution in [0.1, 0.15) is 36.7 Å². The van der Waals surface area contributed by atoms with Gasteiger partial charge < -0.3 is 5.32 Å². The lowest BCUT2D eigenvalue weighted by Gasteiger charge is -2.18. The van der Waals surface area contributed by atoms with Crippen LogP contribution in [-0.2, 0) is 10.0 Å². The van der Waals surface area contributed by atoms with Crippen LogP contribution in [0.2, 0.25) is 0 Å². The number of hydrogen-bond acceptors (Lipinski definition) is 3. The van der Waals surface area contributed by atoms with Crippen LogP contribution in [0.25, 0.3) is 0 Å². The van der Waals surface area contributed by atoms with E-state index in [0.717, 1.165) is 12.1 Å². The van der Waals surface area contributed by atoms with Crippen LogP contribution in [0.15, 0.2) is 17.0 Å². The van der Waals surface area contributed by atoms with Crippen molar-refractivity contribution in [3.8, 4) is 0 Å². The van der Waals surface area contributed by atoms with Crippen molar-refractivity contribution in [3.05, 3.63) is 29.1 Å². The van der Waals surface area contributed by atoms with Crippen molar-refractivity contribution in [2.75, 3.05) is 0 Å². The van der Waals surface area contributed by atoms with E-state index in [0.29, 0.717) is 0 Å². The first kappa shape index (κ1) is 16.6. The molecule has 0 aliphatic heterocycles. The minimum Gasteiger partial charge on any atom is -0.349 e. The summed E-state index contributed by atoms with van der Waals surface area (Å²) in [5.74, 6) is -1.14. The number of halogens is 1. The average Bonchev–Trinajstić information content (AvgIpc) is 2.29. The van der Waals surface area contributed by atoms with Crippen molar-refractivity contribution in [2.45, 2.75) is 38.6 Å². The molecule has 1 unspecified atom stereocenters. The van der Waals surface area contributed by atoms with Gasteiger partial charge in [0, 0.05) is 11.6 Å². The van der Waals surface area contributed by atoms with Gasteiger partial charge in [-0.05, 0) is 37.5 Å². The van der Waals surface area contributed by atoms with E-state index in [1.54, 1.807) is 0 Å². The Morgan fingerprint density at radius 2 is 1.85 bits per heavy atom. The summed E-state index contributed by atoms with van der Waals surface area (Å²) in [6.45, 7) is 7.10. The van der Waals surface area contributed by atoms with Crippen LogP contribution in [0.3, 0.4) is 0 Å². The Hall–Kier alpha value is -1.47. The van der Waals surface area contributed by atoms with Gasteiger partial charge in [0.05, 0.1) is 4.90 Å². The first-order valence-corrected chi connectivity index (χ1v) is 7.72. The zero-order valence-corrected chi connectivity index (χ0v) is 12.7. The molecule has 112 valence electrons. The van der Waals surface area contributed by atoms with Gasteiger partial charge in [-0.2, -0.15) is 0 Å². The number of amides is 1. The van der Waals surface area contributed by atoms with Crippen molar-refractivity contribution in [2.24, 2.45) is 11.1 Å². The Bertz CT molecular complexity index is 627. The molecule has 5 nitrogen and oxygen atoms in total. The van der Waals surface area contributed by atoms with Crippen LogP contribution in [0, 0.1) is 18.7 Å². The van der Waals surface area contributed by atoms with Crippen LogP contribution >= 0.6 is 0 Å². The summed E-state index contributed by atoms with van der Waals surface area (Å²) in [6.07, 6.45) is 0. The predicted octanol–water partition coefficient (Wildman–Crippen LogP) is 1.56. The number of hydrogen-bond donors (Lipinski definition) is 2. The normalized spacial score (nSPS) is 13.3. The minimum absolute atomic E-state index is 0.0264. The van der Waals surface area contributed by atoms with Crippen LogP contribution in [-0.4, -0.2) is 20.4 Å². The van der Waals surface area contributed by atoms with E-state index >= 15 is 0 Å². The Balaban J connectivity index is 3.26. The summed E-state index contributed by atoms with van der Waals surface area (Å²) in [5.41, 5.74) is 0.115. The molecule has 0 bridgehead atoms. The quantitative estimate of drug-likeness (QED) is 0.884. The number of carbonyl (C=O) groups is 1. The smallest absolute Gasteiger partial charge is 0.251 e. The monoisotopic (exact) mass is 302 g/mol. The lowest BCUT2D eigenvalue weighted by Crippen LogP contribution is -2.36. The number of nitrogens with one attached hydrogen (secondary N) is 1. The third-order valence-corrected chi connectivity index (χ3v) is 4.27. The number of primary sulfonamides is 1. The van der Waals surface area contributed by atoms with Crippen molar-refractivity contribution in [1.82, 2.24) is 5.32 Å². The topological polar surface area (TPSA) is 89.3 Å². The molecule has 1 aromatic rings. The van der Waals surface area contributed by atoms with E-state index in [1.807, 2.05) is 20.8 Å². The largest absolute Gasteiger partial charge is 0.349 e. The van der Waals surface area contributed by atoms with E-state index in [9.17, 15) is 17.6 Å². The molecule has 0 fully saturated rings. The van der Waals surface area contributed by atoms with Gasteiger partial charge in [-0.15, -0.1) is 0 Å². The molecular weight excluding hydrogens is 283 g/mol. The Morgan fingerprint density at radius 3 is 2.30 bits per heavy atom. The molecule has 0 saturated carbocycles. The fourth-order valence-corrected chi connectivity index (χ4v) is 2.45. The molecular formula is C13H19FN2O3S. The van der Waals surface area contributed by atoms with Crippen molar-refractivity contribution >= 4 is 15.9 Å². The van der Waals surface area contributed by atoms with Gasteiger partial charge >= 0.3 is 0 Å². The molecule has 0 spiro atoms. The predicted molar refractivity (Wildman–Crippen MR) is 74.3 cm³/mol. The van der Waals surface area contributed by atoms with Crippen molar-refractivity contribution in [3.63, 3.8) is 0 Å². The summed E-state index contributed by atoms with van der Waals surface area (Å²) >= 11 is 0. The van der Waals surface area contributed by atoms with E-state index in [2.05, 4.69) is 5.32 Å². The van der Waals surface area contributed by atoms with Gasteiger partial charge in [0.2, 0.25) is 10.0 Å². The highest BCUT2D eigenvalue weighted by Gasteiger charge is 2.21. The maximum atomic E-state index is 13.5. The summed E-state index contributed by atoms with van der Waals surface area (Å²) < 4.78 is 36.3. The molecule has 0 heterocycles. The van der Waals surface area contributed by atoms with Gasteiger partial charge in [0.1, 0.15) is 5.82 Å². The molecule has 0 aromatic heterocycles. The molecule has 0 saturated heterocycles. The van der Waals surface area contributed by atoms with E-state index in [1.165, 1.54) is 6.92 Å². The molecule has 0 aliphatic carbocycles. The third kappa shape index (κ3) is 3.77. The zero-order chi connectivity index (χ0) is 15.7. The van der Waals surface area contributed by atoms with Crippen LogP contribution < -0.4 is 10.5 Å². The molecule has 3 N–H and O–H groups in total. The lowest BCUT2D eigenvalue weighted by molar-refractivity contribution is 0.0929. The second kappa shape index (κ2) is 5.88. The van der Waals surface area contributed by atoms with Gasteiger partial charge in [-0.1, -0.05) is 13.8 Å². The van der Waals surface area contributed by atoms with Gasteiger partial charge in [0.25, 0.3) is 5.91 Å². The Labute approximate surface area is 118 Å². The number of sulfonamides is 1. The molecule has 1 rings (SSSR count). The lowest BCUT2D eigenvalue weighted by atomic mass is 10.0. The molecule has 1 amide bonds. The van der Waals surface area contributed by atoms with Crippen molar-refractivity contribution in [1.29, 1.82) is 0 Å². The highest BCUT2D eigenvalue weighted by molar-refractivity contribution is 7.89. The van der Waals surface area contributed by atoms with Gasteiger partial charge in [0.15, 0.2) is 0 Å². The second-order valence-electron chi connectivity index (χ2n) is 5.13. The van der Waals surface area contributed by atoms with E-state index in [4.69, 9.17) is 5.14 Å². The summed E-state index contributed by atoms with van der Waals surface area (Å²) in [5, 5.41) is 7.72. The Kier molecular flexibility index (Phi) is 4.88. The highest BCUT2D eigenvalue weighted by Crippen LogP contribution is 2.20. The zero-order valence-electron chi connectivity index (χ0n) is 11.9. The first-order valence-electron chi connectivity index (χ1n) is 6.18. The summed E-state index contributed by atoms with van der Waals surface area (Å²) in [7, 11) is -4.08. The van der Waals surface area contributed by atoms with E-state index in [-0.39, 0.29) is 28.0 Å². The third-order valence-electron chi connectivity index (χ3n) is 3.23. The van der Waals surface area contributed by atoms with Crippen LogP contribution in [0.4, 0.5) is 4.39 Å². The molecule has 0 radical (unpaired) electrons. The maximum Gasteiger partial charge on any atom is 0.251 e. The number of nitrogens with two attached hydrogens (primary N) is 1. The molecule has 1 aromatic carbocycles. The first-order chi connectivity index (χ1) is 9.04. The molecule has 20 heavy (non-hydrogen) atoms. The van der Waals surface area contributed by atoms with E-state index < -0.39 is 21.7 Å². The summed E-state index contributed by atoms with van der Waals surface area (Å²) in [4.78, 5) is 11.7. The molecule has 7 heteroatoms. The average molecular weight is 302 g/mol. The van der Waals surface area contributed by atoms with Gasteiger partial charge in [-0.25, -0.2) is 17.9 Å². The Morgan fingerprint density at radius 1 is 1.30 bits per heavy atom. The second-order valence-corrected chi connectivity index (χ2v) is 6.66. The van der Waals surface area contributed by atoms with Crippen LogP contribution in [0.5, 0.6) is 0 Å². The molecule has 1 atom stereocenters. The molecule has 0 aliphatic rings. The number of rotatable bonds is 4. The summed E-state index contributed by atoms with van der Waals surface area (Å²) in [6, 6.07) is 1.70. The standard InChI is InChI=1S/C13H19FN2O3S/c1-7(2)9(4)16-13(17)11-5-10(14)6-12(8(11)3)20(15,18)19/h5-7,9H,1-4H3,(H,16,17)(H2,15,18,19). The highest BCUT2D eigenvalue weighted by atomic mass is 32.2. The fraction of sp³-hybridized carbons (Fsp3) is 0.462.